The van der Waals surface area contributed by atoms with Gasteiger partial charge in [-0.15, -0.1) is 0 Å². The number of rotatable bonds is 5. The third kappa shape index (κ3) is 4.53. The fourth-order valence-corrected chi connectivity index (χ4v) is 2.74. The lowest BCUT2D eigenvalue weighted by molar-refractivity contribution is -0.147. The van der Waals surface area contributed by atoms with Crippen molar-refractivity contribution in [1.82, 2.24) is 9.80 Å². The minimum atomic E-state index is -0.906. The minimum absolute atomic E-state index is 0.117. The van der Waals surface area contributed by atoms with Crippen LogP contribution in [0, 0.1) is 11.7 Å². The Bertz CT molecular complexity index is 635. The number of hydrogen-bond donors (Lipinski definition) is 1. The van der Waals surface area contributed by atoms with E-state index in [1.165, 1.54) is 29.0 Å². The number of piperidine rings is 1. The summed E-state index contributed by atoms with van der Waals surface area (Å²) in [6, 6.07) is 6.01. The lowest BCUT2D eigenvalue weighted by Gasteiger charge is -2.32. The van der Waals surface area contributed by atoms with Crippen molar-refractivity contribution in [3.8, 4) is 0 Å². The van der Waals surface area contributed by atoms with Gasteiger partial charge in [0, 0.05) is 20.1 Å². The van der Waals surface area contributed by atoms with Gasteiger partial charge in [-0.3, -0.25) is 14.4 Å². The van der Waals surface area contributed by atoms with Crippen LogP contribution in [0.25, 0.3) is 0 Å². The van der Waals surface area contributed by atoms with E-state index in [1.807, 2.05) is 0 Å². The third-order valence-electron chi connectivity index (χ3n) is 4.22. The Kier molecular flexibility index (Phi) is 5.89. The lowest BCUT2D eigenvalue weighted by Crippen LogP contribution is -2.47. The van der Waals surface area contributed by atoms with Gasteiger partial charge in [0.05, 0.1) is 18.9 Å². The Balaban J connectivity index is 1.90. The number of likely N-dealkylation sites (tertiary alicyclic amines) is 1. The van der Waals surface area contributed by atoms with Crippen molar-refractivity contribution in [2.45, 2.75) is 19.3 Å². The van der Waals surface area contributed by atoms with Gasteiger partial charge < -0.3 is 14.9 Å². The summed E-state index contributed by atoms with van der Waals surface area (Å²) < 4.78 is 13.6. The molecule has 1 unspecified atom stereocenters. The summed E-state index contributed by atoms with van der Waals surface area (Å²) in [6.45, 7) is 0.529. The molecular weight excluding hydrogens is 315 g/mol. The Labute approximate surface area is 139 Å². The number of aliphatic carboxylic acids is 1. The van der Waals surface area contributed by atoms with Crippen molar-refractivity contribution < 1.29 is 23.9 Å². The summed E-state index contributed by atoms with van der Waals surface area (Å²) in [5.41, 5.74) is 0.283. The van der Waals surface area contributed by atoms with Crippen LogP contribution in [0.1, 0.15) is 18.4 Å². The zero-order chi connectivity index (χ0) is 17.7. The molecule has 0 bridgehead atoms. The molecule has 1 N–H and O–H groups in total. The van der Waals surface area contributed by atoms with E-state index in [0.29, 0.717) is 19.4 Å². The van der Waals surface area contributed by atoms with Crippen molar-refractivity contribution in [1.29, 1.82) is 0 Å². The smallest absolute Gasteiger partial charge is 0.308 e. The van der Waals surface area contributed by atoms with E-state index in [0.717, 1.165) is 0 Å². The molecule has 0 spiro atoms. The van der Waals surface area contributed by atoms with Crippen LogP contribution in [0.2, 0.25) is 0 Å². The molecule has 0 aliphatic carbocycles. The maximum Gasteiger partial charge on any atom is 0.308 e. The van der Waals surface area contributed by atoms with Gasteiger partial charge in [0.15, 0.2) is 0 Å². The molecule has 1 aromatic carbocycles. The molecule has 130 valence electrons. The van der Waals surface area contributed by atoms with E-state index in [1.54, 1.807) is 12.1 Å². The van der Waals surface area contributed by atoms with Crippen LogP contribution in [0.5, 0.6) is 0 Å². The van der Waals surface area contributed by atoms with Gasteiger partial charge in [0.2, 0.25) is 11.8 Å². The first-order valence-electron chi connectivity index (χ1n) is 7.86. The van der Waals surface area contributed by atoms with Crippen LogP contribution in [0.15, 0.2) is 24.3 Å². The number of benzene rings is 1. The molecule has 1 atom stereocenters. The van der Waals surface area contributed by atoms with E-state index in [2.05, 4.69) is 0 Å². The van der Waals surface area contributed by atoms with E-state index in [4.69, 9.17) is 5.11 Å². The first kappa shape index (κ1) is 17.9. The molecular formula is C17H21FN2O4. The van der Waals surface area contributed by atoms with Gasteiger partial charge in [-0.05, 0) is 24.5 Å². The van der Waals surface area contributed by atoms with Gasteiger partial charge in [-0.25, -0.2) is 4.39 Å². The highest BCUT2D eigenvalue weighted by Crippen LogP contribution is 2.17. The van der Waals surface area contributed by atoms with E-state index >= 15 is 0 Å². The minimum Gasteiger partial charge on any atom is -0.481 e. The Hall–Kier alpha value is -2.44. The van der Waals surface area contributed by atoms with Crippen LogP contribution in [-0.4, -0.2) is 59.4 Å². The number of carboxylic acid groups (broad SMARTS) is 1. The molecule has 1 aromatic rings. The number of likely N-dealkylation sites (N-methyl/N-ethyl adjacent to an activating group) is 1. The quantitative estimate of drug-likeness (QED) is 0.875. The summed E-state index contributed by atoms with van der Waals surface area (Å²) >= 11 is 0. The maximum atomic E-state index is 13.6. The highest BCUT2D eigenvalue weighted by atomic mass is 19.1. The standard InChI is InChI=1S/C17H21FN2O4/c1-19(15(21)9-12-5-2-3-7-14(12)18)11-16(22)20-8-4-6-13(10-20)17(23)24/h2-3,5,7,13H,4,6,8-11H2,1H3,(H,23,24). The van der Waals surface area contributed by atoms with Gasteiger partial charge in [0.25, 0.3) is 0 Å². The van der Waals surface area contributed by atoms with Crippen molar-refractivity contribution >= 4 is 17.8 Å². The Morgan fingerprint density at radius 3 is 2.71 bits per heavy atom. The number of halogens is 1. The van der Waals surface area contributed by atoms with Crippen molar-refractivity contribution in [3.63, 3.8) is 0 Å². The number of hydrogen-bond acceptors (Lipinski definition) is 3. The zero-order valence-corrected chi connectivity index (χ0v) is 13.6. The molecule has 1 aliphatic heterocycles. The second-order valence-corrected chi connectivity index (χ2v) is 6.04. The number of carbonyl (C=O) groups excluding carboxylic acids is 2. The first-order valence-corrected chi connectivity index (χ1v) is 7.86. The SMILES string of the molecule is CN(CC(=O)N1CCCC(C(=O)O)C1)C(=O)Cc1ccccc1F. The van der Waals surface area contributed by atoms with Crippen LogP contribution >= 0.6 is 0 Å². The Morgan fingerprint density at radius 2 is 2.04 bits per heavy atom. The highest BCUT2D eigenvalue weighted by molar-refractivity contribution is 5.86. The number of amides is 2. The average Bonchev–Trinajstić information content (AvgIpc) is 2.56. The molecule has 24 heavy (non-hydrogen) atoms. The molecule has 0 radical (unpaired) electrons. The average molecular weight is 336 g/mol. The van der Waals surface area contributed by atoms with E-state index < -0.39 is 17.7 Å². The van der Waals surface area contributed by atoms with Crippen LogP contribution < -0.4 is 0 Å². The largest absolute Gasteiger partial charge is 0.481 e. The second-order valence-electron chi connectivity index (χ2n) is 6.04. The van der Waals surface area contributed by atoms with E-state index in [9.17, 15) is 18.8 Å². The molecule has 7 heteroatoms. The van der Waals surface area contributed by atoms with Crippen LogP contribution in [-0.2, 0) is 20.8 Å². The fourth-order valence-electron chi connectivity index (χ4n) is 2.74. The normalized spacial score (nSPS) is 17.4. The topological polar surface area (TPSA) is 77.9 Å². The molecule has 1 aliphatic rings. The summed E-state index contributed by atoms with van der Waals surface area (Å²) in [6.07, 6.45) is 1.07. The summed E-state index contributed by atoms with van der Waals surface area (Å²) in [7, 11) is 1.49. The van der Waals surface area contributed by atoms with Gasteiger partial charge in [0.1, 0.15) is 5.82 Å². The third-order valence-corrected chi connectivity index (χ3v) is 4.22. The first-order chi connectivity index (χ1) is 11.4. The zero-order valence-electron chi connectivity index (χ0n) is 13.6. The monoisotopic (exact) mass is 336 g/mol. The van der Waals surface area contributed by atoms with Crippen LogP contribution in [0.3, 0.4) is 0 Å². The fraction of sp³-hybridized carbons (Fsp3) is 0.471. The lowest BCUT2D eigenvalue weighted by atomic mass is 9.98. The summed E-state index contributed by atoms with van der Waals surface area (Å²) in [5.74, 6) is -2.56. The van der Waals surface area contributed by atoms with Gasteiger partial charge in [-0.1, -0.05) is 18.2 Å². The predicted octanol–water partition coefficient (Wildman–Crippen LogP) is 1.15. The van der Waals surface area contributed by atoms with Gasteiger partial charge in [-0.2, -0.15) is 0 Å². The predicted molar refractivity (Wildman–Crippen MR) is 84.7 cm³/mol. The number of carbonyl (C=O) groups is 3. The molecule has 2 amide bonds. The molecule has 1 saturated heterocycles. The van der Waals surface area contributed by atoms with Gasteiger partial charge >= 0.3 is 5.97 Å². The molecule has 1 heterocycles. The summed E-state index contributed by atoms with van der Waals surface area (Å²) in [5, 5.41) is 9.06. The molecule has 2 rings (SSSR count). The number of carboxylic acids is 1. The van der Waals surface area contributed by atoms with Crippen molar-refractivity contribution in [3.05, 3.63) is 35.6 Å². The molecule has 1 fully saturated rings. The van der Waals surface area contributed by atoms with Crippen molar-refractivity contribution in [2.75, 3.05) is 26.7 Å². The second kappa shape index (κ2) is 7.90. The van der Waals surface area contributed by atoms with Crippen molar-refractivity contribution in [2.24, 2.45) is 5.92 Å². The van der Waals surface area contributed by atoms with E-state index in [-0.39, 0.29) is 36.9 Å². The maximum absolute atomic E-state index is 13.6. The van der Waals surface area contributed by atoms with Crippen LogP contribution in [0.4, 0.5) is 4.39 Å². The molecule has 0 aromatic heterocycles. The summed E-state index contributed by atoms with van der Waals surface area (Å²) in [4.78, 5) is 38.2. The Morgan fingerprint density at radius 1 is 1.33 bits per heavy atom. The molecule has 6 nitrogen and oxygen atoms in total. The number of nitrogens with zero attached hydrogens (tertiary/aromatic N) is 2. The molecule has 0 saturated carbocycles. The highest BCUT2D eigenvalue weighted by Gasteiger charge is 2.29.